The molecule has 1 atom stereocenters. The van der Waals surface area contributed by atoms with E-state index in [1.807, 2.05) is 31.2 Å². The summed E-state index contributed by atoms with van der Waals surface area (Å²) in [5.74, 6) is 0. The molecule has 1 saturated carbocycles. The van der Waals surface area contributed by atoms with Crippen LogP contribution < -0.4 is 5.56 Å². The second kappa shape index (κ2) is 6.97. The van der Waals surface area contributed by atoms with Gasteiger partial charge in [0.25, 0.3) is 5.56 Å². The highest BCUT2D eigenvalue weighted by Crippen LogP contribution is 2.38. The van der Waals surface area contributed by atoms with Crippen LogP contribution in [0.4, 0.5) is 0 Å². The molecular formula is C21H19N3OS. The highest BCUT2D eigenvalue weighted by molar-refractivity contribution is 8.00. The average Bonchev–Trinajstić information content (AvgIpc) is 3.48. The van der Waals surface area contributed by atoms with E-state index >= 15 is 0 Å². The third-order valence-electron chi connectivity index (χ3n) is 4.62. The molecule has 1 heterocycles. The molecule has 0 saturated heterocycles. The van der Waals surface area contributed by atoms with Crippen molar-refractivity contribution in [3.05, 3.63) is 70.0 Å². The summed E-state index contributed by atoms with van der Waals surface area (Å²) in [6.07, 6.45) is 2.64. The Balaban J connectivity index is 1.69. The van der Waals surface area contributed by atoms with Crippen LogP contribution in [0.15, 0.2) is 58.5 Å². The predicted octanol–water partition coefficient (Wildman–Crippen LogP) is 4.27. The second-order valence-electron chi connectivity index (χ2n) is 6.74. The molecule has 0 amide bonds. The minimum Gasteiger partial charge on any atom is -0.284 e. The van der Waals surface area contributed by atoms with Gasteiger partial charge in [0.05, 0.1) is 17.0 Å². The van der Waals surface area contributed by atoms with Gasteiger partial charge >= 0.3 is 0 Å². The van der Waals surface area contributed by atoms with Crippen LogP contribution in [0.5, 0.6) is 0 Å². The maximum absolute atomic E-state index is 12.9. The fraction of sp³-hybridized carbons (Fsp3) is 0.286. The van der Waals surface area contributed by atoms with Crippen LogP contribution in [0.3, 0.4) is 0 Å². The lowest BCUT2D eigenvalue weighted by Crippen LogP contribution is -2.23. The molecule has 0 radical (unpaired) electrons. The van der Waals surface area contributed by atoms with Crippen molar-refractivity contribution in [2.24, 2.45) is 0 Å². The molecule has 0 bridgehead atoms. The maximum Gasteiger partial charge on any atom is 0.262 e. The molecule has 130 valence electrons. The molecule has 0 aliphatic heterocycles. The summed E-state index contributed by atoms with van der Waals surface area (Å²) < 4.78 is 1.80. The molecular weight excluding hydrogens is 342 g/mol. The van der Waals surface area contributed by atoms with Crippen molar-refractivity contribution >= 4 is 22.7 Å². The number of thioether (sulfide) groups is 1. The minimum absolute atomic E-state index is 0.00706. The Morgan fingerprint density at radius 3 is 2.65 bits per heavy atom. The first-order valence-electron chi connectivity index (χ1n) is 8.79. The molecule has 0 unspecified atom stereocenters. The number of hydrogen-bond donors (Lipinski definition) is 0. The van der Waals surface area contributed by atoms with Gasteiger partial charge < -0.3 is 0 Å². The minimum atomic E-state index is -0.282. The Hall–Kier alpha value is -2.58. The Bertz CT molecular complexity index is 1050. The fourth-order valence-corrected chi connectivity index (χ4v) is 4.12. The van der Waals surface area contributed by atoms with Gasteiger partial charge in [0.2, 0.25) is 0 Å². The first kappa shape index (κ1) is 16.9. The number of para-hydroxylation sites is 1. The van der Waals surface area contributed by atoms with Crippen molar-refractivity contribution < 1.29 is 0 Å². The van der Waals surface area contributed by atoms with Crippen molar-refractivity contribution in [3.8, 4) is 6.07 Å². The fourth-order valence-electron chi connectivity index (χ4n) is 3.04. The largest absolute Gasteiger partial charge is 0.284 e. The molecule has 1 fully saturated rings. The van der Waals surface area contributed by atoms with Crippen LogP contribution in [0.25, 0.3) is 10.9 Å². The standard InChI is InChI=1S/C21H19N3OS/c1-14-6-8-15(9-7-14)12-17(13-22)26-21-23-19-5-3-2-4-18(19)20(25)24(21)16-10-11-16/h2-9,16-17H,10-12H2,1H3/t17-/m1/s1. The molecule has 3 aromatic rings. The van der Waals surface area contributed by atoms with Gasteiger partial charge in [-0.05, 0) is 43.9 Å². The number of aromatic nitrogens is 2. The van der Waals surface area contributed by atoms with Crippen LogP contribution in [-0.4, -0.2) is 14.8 Å². The van der Waals surface area contributed by atoms with E-state index in [2.05, 4.69) is 30.3 Å². The van der Waals surface area contributed by atoms with Crippen molar-refractivity contribution in [1.29, 1.82) is 5.26 Å². The number of rotatable bonds is 5. The summed E-state index contributed by atoms with van der Waals surface area (Å²) >= 11 is 1.40. The molecule has 2 aromatic carbocycles. The molecule has 26 heavy (non-hydrogen) atoms. The predicted molar refractivity (Wildman–Crippen MR) is 104 cm³/mol. The van der Waals surface area contributed by atoms with Gasteiger partial charge in [-0.15, -0.1) is 0 Å². The van der Waals surface area contributed by atoms with E-state index in [1.165, 1.54) is 17.3 Å². The summed E-state index contributed by atoms with van der Waals surface area (Å²) in [5, 5.41) is 10.7. The molecule has 1 aliphatic rings. The van der Waals surface area contributed by atoms with E-state index in [0.717, 1.165) is 18.4 Å². The zero-order valence-electron chi connectivity index (χ0n) is 14.6. The summed E-state index contributed by atoms with van der Waals surface area (Å²) in [7, 11) is 0. The van der Waals surface area contributed by atoms with E-state index in [9.17, 15) is 10.1 Å². The number of nitriles is 1. The van der Waals surface area contributed by atoms with Crippen LogP contribution in [0.1, 0.15) is 30.0 Å². The molecule has 4 nitrogen and oxygen atoms in total. The molecule has 5 heteroatoms. The summed E-state index contributed by atoms with van der Waals surface area (Å²) in [6, 6.07) is 18.3. The van der Waals surface area contributed by atoms with Crippen molar-refractivity contribution in [3.63, 3.8) is 0 Å². The van der Waals surface area contributed by atoms with Crippen molar-refractivity contribution in [2.75, 3.05) is 0 Å². The maximum atomic E-state index is 12.9. The number of benzene rings is 2. The summed E-state index contributed by atoms with van der Waals surface area (Å²) in [5.41, 5.74) is 3.03. The third kappa shape index (κ3) is 3.38. The number of fused-ring (bicyclic) bond motifs is 1. The smallest absolute Gasteiger partial charge is 0.262 e. The van der Waals surface area contributed by atoms with Gasteiger partial charge in [-0.2, -0.15) is 5.26 Å². The van der Waals surface area contributed by atoms with Gasteiger partial charge in [-0.1, -0.05) is 53.7 Å². The lowest BCUT2D eigenvalue weighted by molar-refractivity contribution is 0.617. The number of aryl methyl sites for hydroxylation is 1. The van der Waals surface area contributed by atoms with E-state index in [-0.39, 0.29) is 16.9 Å². The zero-order valence-corrected chi connectivity index (χ0v) is 15.4. The van der Waals surface area contributed by atoms with Gasteiger partial charge in [0.15, 0.2) is 5.16 Å². The third-order valence-corrected chi connectivity index (χ3v) is 5.68. The Kier molecular flexibility index (Phi) is 4.52. The van der Waals surface area contributed by atoms with Crippen molar-refractivity contribution in [1.82, 2.24) is 9.55 Å². The summed E-state index contributed by atoms with van der Waals surface area (Å²) in [6.45, 7) is 2.05. The van der Waals surface area contributed by atoms with Crippen LogP contribution in [-0.2, 0) is 6.42 Å². The lowest BCUT2D eigenvalue weighted by Gasteiger charge is -2.15. The SMILES string of the molecule is Cc1ccc(C[C@H](C#N)Sc2nc3ccccc3c(=O)n2C2CC2)cc1. The van der Waals surface area contributed by atoms with Crippen LogP contribution in [0.2, 0.25) is 0 Å². The monoisotopic (exact) mass is 361 g/mol. The number of nitrogens with zero attached hydrogens (tertiary/aromatic N) is 3. The Morgan fingerprint density at radius 2 is 1.96 bits per heavy atom. The molecule has 1 aromatic heterocycles. The van der Waals surface area contributed by atoms with Crippen LogP contribution >= 0.6 is 11.8 Å². The second-order valence-corrected chi connectivity index (χ2v) is 7.91. The van der Waals surface area contributed by atoms with E-state index < -0.39 is 0 Å². The van der Waals surface area contributed by atoms with Crippen LogP contribution in [0, 0.1) is 18.3 Å². The molecule has 1 aliphatic carbocycles. The molecule has 0 N–H and O–H groups in total. The zero-order chi connectivity index (χ0) is 18.1. The topological polar surface area (TPSA) is 58.7 Å². The van der Waals surface area contributed by atoms with E-state index in [0.29, 0.717) is 22.5 Å². The van der Waals surface area contributed by atoms with Gasteiger partial charge in [-0.3, -0.25) is 9.36 Å². The molecule has 0 spiro atoms. The normalized spacial score (nSPS) is 14.9. The van der Waals surface area contributed by atoms with Gasteiger partial charge in [0, 0.05) is 6.04 Å². The highest BCUT2D eigenvalue weighted by atomic mass is 32.2. The molecule has 4 rings (SSSR count). The van der Waals surface area contributed by atoms with Gasteiger partial charge in [-0.25, -0.2) is 4.98 Å². The Morgan fingerprint density at radius 1 is 1.23 bits per heavy atom. The highest BCUT2D eigenvalue weighted by Gasteiger charge is 2.29. The first-order chi connectivity index (χ1) is 12.7. The summed E-state index contributed by atoms with van der Waals surface area (Å²) in [4.78, 5) is 17.6. The Labute approximate surface area is 156 Å². The van der Waals surface area contributed by atoms with E-state index in [4.69, 9.17) is 4.98 Å². The average molecular weight is 361 g/mol. The first-order valence-corrected chi connectivity index (χ1v) is 9.67. The lowest BCUT2D eigenvalue weighted by atomic mass is 10.1. The van der Waals surface area contributed by atoms with E-state index in [1.54, 1.807) is 4.57 Å². The van der Waals surface area contributed by atoms with Gasteiger partial charge in [0.1, 0.15) is 5.25 Å². The number of hydrogen-bond acceptors (Lipinski definition) is 4. The van der Waals surface area contributed by atoms with Crippen molar-refractivity contribution in [2.45, 2.75) is 42.6 Å². The quantitative estimate of drug-likeness (QED) is 0.503.